The normalized spacial score (nSPS) is 28.4. The number of nitrogens with zero attached hydrogens (tertiary/aromatic N) is 2. The number of amides is 2. The minimum absolute atomic E-state index is 0.0149. The number of hydrogen-bond donors (Lipinski definition) is 6. The summed E-state index contributed by atoms with van der Waals surface area (Å²) in [6.07, 6.45) is -1.60. The Morgan fingerprint density at radius 1 is 1.09 bits per heavy atom. The Balaban J connectivity index is 2.03. The van der Waals surface area contributed by atoms with E-state index in [0.717, 1.165) is 0 Å². The number of fused-ring (bicyclic) bond motifs is 3. The first-order chi connectivity index (χ1) is 20.0. The Morgan fingerprint density at radius 3 is 2.26 bits per heavy atom. The number of aromatic hydroxyl groups is 1. The second-order valence-corrected chi connectivity index (χ2v) is 11.6. The second kappa shape index (κ2) is 11.1. The number of esters is 1. The van der Waals surface area contributed by atoms with Gasteiger partial charge in [0, 0.05) is 17.9 Å². The SMILES string of the molecule is CCC(=O)O[C@@H]1[C@@H]2C(=C(O)c3c(ccc(NC(=O)CN(C)C)c3O)[C@H]2C)C(=O)[C@@]2(O)C(O)=C(C(N)=O)C(=O)[C@H](N(C)C)[C@@H]12. The highest BCUT2D eigenvalue weighted by atomic mass is 16.5. The molecule has 0 heterocycles. The molecular weight excluding hydrogens is 564 g/mol. The van der Waals surface area contributed by atoms with Crippen LogP contribution in [0, 0.1) is 11.8 Å². The number of anilines is 1. The summed E-state index contributed by atoms with van der Waals surface area (Å²) < 4.78 is 5.79. The third kappa shape index (κ3) is 4.75. The highest BCUT2D eigenvalue weighted by molar-refractivity contribution is 6.24. The van der Waals surface area contributed by atoms with Gasteiger partial charge in [-0.1, -0.05) is 19.9 Å². The Labute approximate surface area is 247 Å². The molecule has 0 radical (unpaired) electrons. The number of carbonyl (C=O) groups is 5. The number of rotatable bonds is 7. The van der Waals surface area contributed by atoms with Crippen molar-refractivity contribution in [2.45, 2.75) is 43.9 Å². The largest absolute Gasteiger partial charge is 0.508 e. The third-order valence-electron chi connectivity index (χ3n) is 8.39. The van der Waals surface area contributed by atoms with E-state index in [9.17, 15) is 44.4 Å². The van der Waals surface area contributed by atoms with Gasteiger partial charge in [0.2, 0.25) is 11.7 Å². The molecule has 1 aromatic carbocycles. The average molecular weight is 601 g/mol. The first-order valence-corrected chi connectivity index (χ1v) is 13.6. The number of benzene rings is 1. The molecule has 43 heavy (non-hydrogen) atoms. The minimum Gasteiger partial charge on any atom is -0.508 e. The fraction of sp³-hybridized carbons (Fsp3) is 0.483. The van der Waals surface area contributed by atoms with E-state index in [-0.39, 0.29) is 24.2 Å². The lowest BCUT2D eigenvalue weighted by molar-refractivity contribution is -0.185. The summed E-state index contributed by atoms with van der Waals surface area (Å²) in [6, 6.07) is 1.49. The van der Waals surface area contributed by atoms with Crippen LogP contribution in [-0.2, 0) is 28.7 Å². The van der Waals surface area contributed by atoms with E-state index in [1.165, 1.54) is 38.1 Å². The summed E-state index contributed by atoms with van der Waals surface area (Å²) in [4.78, 5) is 68.2. The van der Waals surface area contributed by atoms with Gasteiger partial charge in [-0.15, -0.1) is 0 Å². The van der Waals surface area contributed by atoms with Crippen molar-refractivity contribution < 1.29 is 49.1 Å². The van der Waals surface area contributed by atoms with Crippen molar-refractivity contribution in [1.29, 1.82) is 0 Å². The monoisotopic (exact) mass is 600 g/mol. The molecule has 0 unspecified atom stereocenters. The van der Waals surface area contributed by atoms with Crippen molar-refractivity contribution in [1.82, 2.24) is 9.80 Å². The maximum atomic E-state index is 14.3. The lowest BCUT2D eigenvalue weighted by atomic mass is 9.54. The number of ether oxygens (including phenoxy) is 1. The van der Waals surface area contributed by atoms with Crippen molar-refractivity contribution in [2.24, 2.45) is 17.6 Å². The maximum Gasteiger partial charge on any atom is 0.305 e. The molecule has 0 aromatic heterocycles. The molecule has 0 saturated heterocycles. The first kappa shape index (κ1) is 31.7. The zero-order chi connectivity index (χ0) is 32.3. The molecule has 6 atom stereocenters. The summed E-state index contributed by atoms with van der Waals surface area (Å²) in [7, 11) is 6.23. The van der Waals surface area contributed by atoms with Gasteiger partial charge in [0.15, 0.2) is 11.4 Å². The topological polar surface area (TPSA) is 220 Å². The van der Waals surface area contributed by atoms with Crippen LogP contribution in [0.5, 0.6) is 5.75 Å². The van der Waals surface area contributed by atoms with Crippen LogP contribution in [0.15, 0.2) is 29.0 Å². The van der Waals surface area contributed by atoms with Gasteiger partial charge in [-0.25, -0.2) is 0 Å². The van der Waals surface area contributed by atoms with Crippen LogP contribution in [0.25, 0.3) is 5.76 Å². The summed E-state index contributed by atoms with van der Waals surface area (Å²) in [5, 5.41) is 48.6. The molecular formula is C29H36N4O10. The van der Waals surface area contributed by atoms with Crippen molar-refractivity contribution in [3.63, 3.8) is 0 Å². The van der Waals surface area contributed by atoms with Crippen LogP contribution >= 0.6 is 0 Å². The van der Waals surface area contributed by atoms with Gasteiger partial charge >= 0.3 is 5.97 Å². The zero-order valence-corrected chi connectivity index (χ0v) is 24.7. The molecule has 1 saturated carbocycles. The van der Waals surface area contributed by atoms with E-state index in [0.29, 0.717) is 5.56 Å². The van der Waals surface area contributed by atoms with Crippen LogP contribution in [0.4, 0.5) is 5.69 Å². The highest BCUT2D eigenvalue weighted by Gasteiger charge is 2.69. The van der Waals surface area contributed by atoms with Crippen LogP contribution in [0.2, 0.25) is 0 Å². The molecule has 1 fully saturated rings. The molecule has 1 aromatic rings. The van der Waals surface area contributed by atoms with Crippen molar-refractivity contribution in [3.05, 3.63) is 40.2 Å². The van der Waals surface area contributed by atoms with Crippen LogP contribution < -0.4 is 11.1 Å². The molecule has 3 aliphatic rings. The second-order valence-electron chi connectivity index (χ2n) is 11.6. The zero-order valence-electron chi connectivity index (χ0n) is 24.7. The Morgan fingerprint density at radius 2 is 1.72 bits per heavy atom. The Kier molecular flexibility index (Phi) is 8.17. The molecule has 3 aliphatic carbocycles. The first-order valence-electron chi connectivity index (χ1n) is 13.6. The fourth-order valence-corrected chi connectivity index (χ4v) is 6.54. The summed E-state index contributed by atoms with van der Waals surface area (Å²) in [5.74, 6) is -11.1. The number of primary amides is 1. The van der Waals surface area contributed by atoms with Gasteiger partial charge in [-0.2, -0.15) is 0 Å². The number of aliphatic hydroxyl groups excluding tert-OH is 2. The van der Waals surface area contributed by atoms with Gasteiger partial charge in [-0.05, 0) is 45.7 Å². The predicted octanol–water partition coefficient (Wildman–Crippen LogP) is -0.0432. The molecule has 0 aliphatic heterocycles. The number of hydrogen-bond acceptors (Lipinski definition) is 12. The number of phenols is 1. The lowest BCUT2D eigenvalue weighted by Gasteiger charge is -2.54. The number of phenolic OH excluding ortho intramolecular Hbond substituents is 1. The fourth-order valence-electron chi connectivity index (χ4n) is 6.54. The standard InChI is InChI=1S/C29H36N4O10/c1-7-15(35)43-25-16-11(2)12-8-9-13(31-14(34)10-32(3)4)22(36)17(12)23(37)18(16)26(39)29(42)20(25)21(33(5)6)24(38)19(27(29)40)28(30)41/h8-9,11,16,20-21,25,36-37,40,42H,7,10H2,1-6H3,(H2,30,41)(H,31,34)/t11-,16+,20+,21-,25-,29-/m1/s1. The van der Waals surface area contributed by atoms with Crippen LogP contribution in [-0.4, -0.2) is 112 Å². The molecule has 0 spiro atoms. The van der Waals surface area contributed by atoms with Crippen molar-refractivity contribution in [3.8, 4) is 5.75 Å². The van der Waals surface area contributed by atoms with Gasteiger partial charge in [0.25, 0.3) is 5.91 Å². The minimum atomic E-state index is -3.03. The van der Waals surface area contributed by atoms with Gasteiger partial charge in [-0.3, -0.25) is 28.9 Å². The van der Waals surface area contributed by atoms with E-state index in [4.69, 9.17) is 10.5 Å². The number of ketones is 2. The van der Waals surface area contributed by atoms with Crippen LogP contribution in [0.1, 0.15) is 37.3 Å². The quantitative estimate of drug-likeness (QED) is 0.138. The number of carbonyl (C=O) groups excluding carboxylic acids is 5. The Hall–Kier alpha value is -4.27. The van der Waals surface area contributed by atoms with Gasteiger partial charge < -0.3 is 41.1 Å². The molecule has 14 nitrogen and oxygen atoms in total. The smallest absolute Gasteiger partial charge is 0.305 e. The van der Waals surface area contributed by atoms with E-state index < -0.39 is 93.3 Å². The van der Waals surface area contributed by atoms with Gasteiger partial charge in [0.05, 0.1) is 29.8 Å². The summed E-state index contributed by atoms with van der Waals surface area (Å²) in [6.45, 7) is 3.14. The highest BCUT2D eigenvalue weighted by Crippen LogP contribution is 2.57. The van der Waals surface area contributed by atoms with Crippen molar-refractivity contribution in [2.75, 3.05) is 40.1 Å². The number of nitrogens with one attached hydrogen (secondary N) is 1. The molecule has 232 valence electrons. The number of aliphatic hydroxyl groups is 3. The van der Waals surface area contributed by atoms with Gasteiger partial charge in [0.1, 0.15) is 28.9 Å². The van der Waals surface area contributed by atoms with Crippen LogP contribution in [0.3, 0.4) is 0 Å². The number of likely N-dealkylation sites (N-methyl/N-ethyl adjacent to an activating group) is 2. The third-order valence-corrected chi connectivity index (χ3v) is 8.39. The molecule has 7 N–H and O–H groups in total. The number of Topliss-reactive ketones (excluding diaryl/α,β-unsaturated/α-hetero) is 2. The van der Waals surface area contributed by atoms with E-state index in [1.54, 1.807) is 25.9 Å². The van der Waals surface area contributed by atoms with E-state index >= 15 is 0 Å². The van der Waals surface area contributed by atoms with Crippen molar-refractivity contribution >= 4 is 40.8 Å². The lowest BCUT2D eigenvalue weighted by Crippen LogP contribution is -2.71. The molecule has 2 amide bonds. The molecule has 14 heteroatoms. The maximum absolute atomic E-state index is 14.3. The summed E-state index contributed by atoms with van der Waals surface area (Å²) >= 11 is 0. The Bertz CT molecular complexity index is 1500. The summed E-state index contributed by atoms with van der Waals surface area (Å²) in [5.41, 5.74) is 0.908. The predicted molar refractivity (Wildman–Crippen MR) is 152 cm³/mol. The van der Waals surface area contributed by atoms with E-state index in [2.05, 4.69) is 5.32 Å². The number of nitrogens with two attached hydrogens (primary N) is 1. The molecule has 4 rings (SSSR count). The average Bonchev–Trinajstić information content (AvgIpc) is 2.90. The van der Waals surface area contributed by atoms with E-state index in [1.807, 2.05) is 0 Å². The molecule has 0 bridgehead atoms.